The van der Waals surface area contributed by atoms with Crippen LogP contribution < -0.4 is 9.64 Å². The molecule has 8 heteroatoms. The van der Waals surface area contributed by atoms with Gasteiger partial charge in [0.05, 0.1) is 5.56 Å². The van der Waals surface area contributed by atoms with Crippen molar-refractivity contribution in [2.45, 2.75) is 25.4 Å². The molecule has 0 saturated heterocycles. The van der Waals surface area contributed by atoms with E-state index < -0.39 is 30.2 Å². The van der Waals surface area contributed by atoms with Crippen molar-refractivity contribution in [2.75, 3.05) is 18.6 Å². The molecule has 0 aliphatic rings. The molecule has 2 aromatic carbocycles. The van der Waals surface area contributed by atoms with Crippen LogP contribution in [0.15, 0.2) is 48.5 Å². The fraction of sp³-hybridized carbons (Fsp3) is 0.300. The SMILES string of the molecule is CC(CC(=O)N(C)c1ccc(OCC(=O)O)cc1)c1ccccc1C(F)(F)F. The molecule has 0 saturated carbocycles. The van der Waals surface area contributed by atoms with Crippen LogP contribution in [-0.4, -0.2) is 30.6 Å². The zero-order valence-electron chi connectivity index (χ0n) is 15.4. The number of carboxylic acid groups (broad SMARTS) is 1. The number of ether oxygens (including phenoxy) is 1. The summed E-state index contributed by atoms with van der Waals surface area (Å²) in [5.74, 6) is -1.74. The highest BCUT2D eigenvalue weighted by atomic mass is 19.4. The first-order chi connectivity index (χ1) is 13.1. The summed E-state index contributed by atoms with van der Waals surface area (Å²) in [6.45, 7) is 1.10. The summed E-state index contributed by atoms with van der Waals surface area (Å²) in [6.07, 6.45) is -4.58. The number of rotatable bonds is 7. The first kappa shape index (κ1) is 21.3. The topological polar surface area (TPSA) is 66.8 Å². The molecule has 0 spiro atoms. The van der Waals surface area contributed by atoms with E-state index in [1.807, 2.05) is 0 Å². The Morgan fingerprint density at radius 3 is 2.29 bits per heavy atom. The largest absolute Gasteiger partial charge is 0.482 e. The molecule has 0 fully saturated rings. The Bertz CT molecular complexity index is 834. The van der Waals surface area contributed by atoms with Gasteiger partial charge >= 0.3 is 12.1 Å². The van der Waals surface area contributed by atoms with E-state index in [0.717, 1.165) is 6.07 Å². The maximum atomic E-state index is 13.2. The Morgan fingerprint density at radius 1 is 1.11 bits per heavy atom. The van der Waals surface area contributed by atoms with Crippen molar-refractivity contribution >= 4 is 17.6 Å². The zero-order chi connectivity index (χ0) is 20.9. The van der Waals surface area contributed by atoms with Gasteiger partial charge in [0.15, 0.2) is 6.61 Å². The number of aliphatic carboxylic acids is 1. The third-order valence-electron chi connectivity index (χ3n) is 4.24. The normalized spacial score (nSPS) is 12.3. The smallest absolute Gasteiger partial charge is 0.416 e. The third kappa shape index (κ3) is 5.48. The van der Waals surface area contributed by atoms with E-state index in [1.54, 1.807) is 19.1 Å². The number of carboxylic acids is 1. The number of carbonyl (C=O) groups is 2. The Morgan fingerprint density at radius 2 is 1.71 bits per heavy atom. The van der Waals surface area contributed by atoms with Gasteiger partial charge in [0.25, 0.3) is 0 Å². The van der Waals surface area contributed by atoms with E-state index in [9.17, 15) is 22.8 Å². The van der Waals surface area contributed by atoms with Crippen LogP contribution in [0.5, 0.6) is 5.75 Å². The molecule has 1 N–H and O–H groups in total. The zero-order valence-corrected chi connectivity index (χ0v) is 15.4. The number of hydrogen-bond donors (Lipinski definition) is 1. The molecule has 0 radical (unpaired) electrons. The molecule has 0 aliphatic heterocycles. The molecular weight excluding hydrogens is 375 g/mol. The van der Waals surface area contributed by atoms with Crippen molar-refractivity contribution in [3.8, 4) is 5.75 Å². The Balaban J connectivity index is 2.07. The van der Waals surface area contributed by atoms with Gasteiger partial charge in [0, 0.05) is 19.2 Å². The van der Waals surface area contributed by atoms with E-state index in [0.29, 0.717) is 11.4 Å². The summed E-state index contributed by atoms with van der Waals surface area (Å²) in [5, 5.41) is 8.59. The quantitative estimate of drug-likeness (QED) is 0.758. The maximum Gasteiger partial charge on any atom is 0.416 e. The Kier molecular flexibility index (Phi) is 6.66. The highest BCUT2D eigenvalue weighted by Gasteiger charge is 2.34. The van der Waals surface area contributed by atoms with Crippen LogP contribution in [0.25, 0.3) is 0 Å². The van der Waals surface area contributed by atoms with Gasteiger partial charge in [-0.2, -0.15) is 13.2 Å². The summed E-state index contributed by atoms with van der Waals surface area (Å²) in [5.41, 5.74) is -0.143. The lowest BCUT2D eigenvalue weighted by Crippen LogP contribution is -2.27. The van der Waals surface area contributed by atoms with Gasteiger partial charge in [-0.1, -0.05) is 25.1 Å². The van der Waals surface area contributed by atoms with Gasteiger partial charge in [-0.25, -0.2) is 4.79 Å². The lowest BCUT2D eigenvalue weighted by atomic mass is 9.92. The maximum absolute atomic E-state index is 13.2. The molecule has 150 valence electrons. The number of carbonyl (C=O) groups excluding carboxylic acids is 1. The van der Waals surface area contributed by atoms with Crippen LogP contribution in [0.3, 0.4) is 0 Å². The first-order valence-corrected chi connectivity index (χ1v) is 8.47. The van der Waals surface area contributed by atoms with Crippen molar-refractivity contribution in [3.63, 3.8) is 0 Å². The summed E-state index contributed by atoms with van der Waals surface area (Å²) >= 11 is 0. The molecule has 5 nitrogen and oxygen atoms in total. The van der Waals surface area contributed by atoms with Gasteiger partial charge in [-0.05, 0) is 41.8 Å². The summed E-state index contributed by atoms with van der Waals surface area (Å²) < 4.78 is 44.5. The van der Waals surface area contributed by atoms with Gasteiger partial charge in [0.2, 0.25) is 5.91 Å². The van der Waals surface area contributed by atoms with Crippen LogP contribution in [0.1, 0.15) is 30.4 Å². The number of hydrogen-bond acceptors (Lipinski definition) is 3. The molecule has 1 amide bonds. The minimum atomic E-state index is -4.48. The molecule has 1 unspecified atom stereocenters. The summed E-state index contributed by atoms with van der Waals surface area (Å²) in [7, 11) is 1.53. The lowest BCUT2D eigenvalue weighted by molar-refractivity contribution is -0.139. The minimum Gasteiger partial charge on any atom is -0.482 e. The van der Waals surface area contributed by atoms with Gasteiger partial charge in [-0.3, -0.25) is 4.79 Å². The van der Waals surface area contributed by atoms with Crippen molar-refractivity contribution in [2.24, 2.45) is 0 Å². The Hall–Kier alpha value is -3.03. The van der Waals surface area contributed by atoms with Crippen LogP contribution in [0.2, 0.25) is 0 Å². The van der Waals surface area contributed by atoms with E-state index in [4.69, 9.17) is 9.84 Å². The number of nitrogens with zero attached hydrogens (tertiary/aromatic N) is 1. The standard InChI is InChI=1S/C20H20F3NO4/c1-13(16-5-3-4-6-17(16)20(21,22)23)11-18(25)24(2)14-7-9-15(10-8-14)28-12-19(26)27/h3-10,13H,11-12H2,1-2H3,(H,26,27). The second-order valence-corrected chi connectivity index (χ2v) is 6.32. The predicted molar refractivity (Wildman–Crippen MR) is 97.5 cm³/mol. The molecule has 0 bridgehead atoms. The monoisotopic (exact) mass is 395 g/mol. The molecule has 2 rings (SSSR count). The first-order valence-electron chi connectivity index (χ1n) is 8.47. The number of amides is 1. The van der Waals surface area contributed by atoms with Crippen LogP contribution in [-0.2, 0) is 15.8 Å². The lowest BCUT2D eigenvalue weighted by Gasteiger charge is -2.22. The second kappa shape index (κ2) is 8.77. The number of alkyl halides is 3. The van der Waals surface area contributed by atoms with Crippen molar-refractivity contribution < 1.29 is 32.6 Å². The van der Waals surface area contributed by atoms with Gasteiger partial charge < -0.3 is 14.7 Å². The van der Waals surface area contributed by atoms with E-state index >= 15 is 0 Å². The van der Waals surface area contributed by atoms with Crippen molar-refractivity contribution in [1.82, 2.24) is 0 Å². The highest BCUT2D eigenvalue weighted by molar-refractivity contribution is 5.93. The number of anilines is 1. The summed E-state index contributed by atoms with van der Waals surface area (Å²) in [4.78, 5) is 24.4. The van der Waals surface area contributed by atoms with Gasteiger partial charge in [-0.15, -0.1) is 0 Å². The Labute approximate surface area is 160 Å². The highest BCUT2D eigenvalue weighted by Crippen LogP contribution is 2.36. The van der Waals surface area contributed by atoms with E-state index in [1.165, 1.54) is 42.3 Å². The number of benzene rings is 2. The molecule has 28 heavy (non-hydrogen) atoms. The summed E-state index contributed by atoms with van der Waals surface area (Å²) in [6, 6.07) is 11.4. The fourth-order valence-electron chi connectivity index (χ4n) is 2.75. The number of halogens is 3. The molecule has 0 aromatic heterocycles. The molecule has 0 heterocycles. The predicted octanol–water partition coefficient (Wildman–Crippen LogP) is 4.33. The fourth-order valence-corrected chi connectivity index (χ4v) is 2.75. The van der Waals surface area contributed by atoms with Crippen LogP contribution in [0.4, 0.5) is 18.9 Å². The molecular formula is C20H20F3NO4. The average molecular weight is 395 g/mol. The molecule has 0 aliphatic carbocycles. The molecule has 2 aromatic rings. The van der Waals surface area contributed by atoms with Crippen LogP contribution in [0, 0.1) is 0 Å². The second-order valence-electron chi connectivity index (χ2n) is 6.32. The third-order valence-corrected chi connectivity index (χ3v) is 4.24. The van der Waals surface area contributed by atoms with Crippen molar-refractivity contribution in [3.05, 3.63) is 59.7 Å². The van der Waals surface area contributed by atoms with Crippen LogP contribution >= 0.6 is 0 Å². The minimum absolute atomic E-state index is 0.0779. The molecule has 1 atom stereocenters. The van der Waals surface area contributed by atoms with Crippen molar-refractivity contribution in [1.29, 1.82) is 0 Å². The average Bonchev–Trinajstić information content (AvgIpc) is 2.65. The van der Waals surface area contributed by atoms with Gasteiger partial charge in [0.1, 0.15) is 5.75 Å². The van der Waals surface area contributed by atoms with E-state index in [2.05, 4.69) is 0 Å². The van der Waals surface area contributed by atoms with E-state index in [-0.39, 0.29) is 17.9 Å².